The Morgan fingerprint density at radius 3 is 1.36 bits per heavy atom. The summed E-state index contributed by atoms with van der Waals surface area (Å²) in [5.41, 5.74) is 0. The minimum Gasteiger partial charge on any atom is -0.219 e. The summed E-state index contributed by atoms with van der Waals surface area (Å²) in [4.78, 5) is 0. The van der Waals surface area contributed by atoms with E-state index in [0.29, 0.717) is 0 Å². The predicted molar refractivity (Wildman–Crippen MR) is 29.5 cm³/mol. The van der Waals surface area contributed by atoms with Crippen molar-refractivity contribution in [1.82, 2.24) is 0 Å². The predicted octanol–water partition coefficient (Wildman–Crippen LogP) is 1.88. The second-order valence-electron chi connectivity index (χ2n) is 1.40. The Kier molecular flexibility index (Phi) is 3.24. The molecule has 0 aromatic carbocycles. The van der Waals surface area contributed by atoms with Crippen LogP contribution in [0.1, 0.15) is 0 Å². The summed E-state index contributed by atoms with van der Waals surface area (Å²) in [6.07, 6.45) is -5.08. The smallest absolute Gasteiger partial charge is 0.219 e. The van der Waals surface area contributed by atoms with Gasteiger partial charge in [0, 0.05) is 0 Å². The number of halogens is 4. The lowest BCUT2D eigenvalue weighted by Gasteiger charge is -1.84. The highest BCUT2D eigenvalue weighted by atomic mass is 32.2. The van der Waals surface area contributed by atoms with Crippen LogP contribution in [0.3, 0.4) is 0 Å². The van der Waals surface area contributed by atoms with Crippen molar-refractivity contribution < 1.29 is 26.0 Å². The fourth-order valence-corrected chi connectivity index (χ4v) is 0.847. The van der Waals surface area contributed by atoms with Crippen LogP contribution in [-0.4, -0.2) is 8.42 Å². The quantitative estimate of drug-likeness (QED) is 0.623. The second kappa shape index (κ2) is 3.51. The Hall–Kier alpha value is -0.850. The largest absolute Gasteiger partial charge is 0.281 e. The van der Waals surface area contributed by atoms with Crippen LogP contribution >= 0.6 is 0 Å². The molecule has 0 heterocycles. The first-order valence-electron chi connectivity index (χ1n) is 2.14. The van der Waals surface area contributed by atoms with Crippen LogP contribution in [0.25, 0.3) is 0 Å². The van der Waals surface area contributed by atoms with E-state index in [1.54, 1.807) is 0 Å². The number of sulfone groups is 1. The fraction of sp³-hybridized carbons (Fsp3) is 0. The van der Waals surface area contributed by atoms with E-state index in [1.807, 2.05) is 0 Å². The van der Waals surface area contributed by atoms with Crippen LogP contribution < -0.4 is 0 Å². The zero-order valence-electron chi connectivity index (χ0n) is 4.89. The molecule has 0 amide bonds. The molecule has 0 bridgehead atoms. The Morgan fingerprint density at radius 2 is 1.18 bits per heavy atom. The highest BCUT2D eigenvalue weighted by molar-refractivity contribution is 7.97. The van der Waals surface area contributed by atoms with Gasteiger partial charge in [-0.05, 0) is 0 Å². The molecule has 0 aromatic heterocycles. The monoisotopic (exact) mass is 190 g/mol. The third-order valence-corrected chi connectivity index (χ3v) is 1.52. The molecule has 64 valence electrons. The van der Waals surface area contributed by atoms with Gasteiger partial charge in [0.05, 0.1) is 0 Å². The Balaban J connectivity index is 4.80. The summed E-state index contributed by atoms with van der Waals surface area (Å²) in [6, 6.07) is 0. The molecule has 7 heteroatoms. The molecule has 0 saturated heterocycles. The molecular weight excluding hydrogens is 188 g/mol. The molecular formula is C4H2F4O2S. The molecule has 0 N–H and O–H groups in total. The molecule has 0 fully saturated rings. The van der Waals surface area contributed by atoms with Crippen LogP contribution in [0.2, 0.25) is 0 Å². The highest BCUT2D eigenvalue weighted by Crippen LogP contribution is 2.08. The van der Waals surface area contributed by atoms with Crippen LogP contribution in [0.4, 0.5) is 17.6 Å². The zero-order valence-corrected chi connectivity index (χ0v) is 5.71. The molecule has 0 radical (unpaired) electrons. The van der Waals surface area contributed by atoms with Gasteiger partial charge in [-0.3, -0.25) is 0 Å². The van der Waals surface area contributed by atoms with Crippen molar-refractivity contribution in [2.75, 3.05) is 0 Å². The van der Waals surface area contributed by atoms with Gasteiger partial charge in [0.1, 0.15) is 10.8 Å². The molecule has 2 nitrogen and oxygen atoms in total. The van der Waals surface area contributed by atoms with E-state index in [2.05, 4.69) is 0 Å². The van der Waals surface area contributed by atoms with Crippen LogP contribution in [-0.2, 0) is 9.84 Å². The standard InChI is InChI=1S/C4H2F4O2S/c5-3(6)1-11(9,10)2-4(7)8/h1-2H. The van der Waals surface area contributed by atoms with Gasteiger partial charge in [0.2, 0.25) is 9.84 Å². The van der Waals surface area contributed by atoms with Crippen molar-refractivity contribution in [2.24, 2.45) is 0 Å². The first-order chi connectivity index (χ1) is 4.83. The molecule has 0 atom stereocenters. The molecule has 0 aromatic rings. The third kappa shape index (κ3) is 5.59. The van der Waals surface area contributed by atoms with E-state index in [1.165, 1.54) is 0 Å². The molecule has 0 spiro atoms. The van der Waals surface area contributed by atoms with Gasteiger partial charge >= 0.3 is 0 Å². The molecule has 0 saturated carbocycles. The fourth-order valence-electron chi connectivity index (χ4n) is 0.282. The van der Waals surface area contributed by atoms with E-state index in [9.17, 15) is 26.0 Å². The molecule has 0 unspecified atom stereocenters. The van der Waals surface area contributed by atoms with Crippen molar-refractivity contribution in [3.63, 3.8) is 0 Å². The van der Waals surface area contributed by atoms with Crippen molar-refractivity contribution in [3.8, 4) is 0 Å². The third-order valence-electron chi connectivity index (χ3n) is 0.507. The molecule has 11 heavy (non-hydrogen) atoms. The summed E-state index contributed by atoms with van der Waals surface area (Å²) in [5, 5.41) is -1.10. The van der Waals surface area contributed by atoms with Crippen molar-refractivity contribution in [1.29, 1.82) is 0 Å². The summed E-state index contributed by atoms with van der Waals surface area (Å²) in [5.74, 6) is 0. The number of hydrogen-bond acceptors (Lipinski definition) is 2. The normalized spacial score (nSPS) is 10.5. The highest BCUT2D eigenvalue weighted by Gasteiger charge is 2.07. The summed E-state index contributed by atoms with van der Waals surface area (Å²) < 4.78 is 65.0. The van der Waals surface area contributed by atoms with Gasteiger partial charge in [0.25, 0.3) is 12.2 Å². The summed E-state index contributed by atoms with van der Waals surface area (Å²) in [6.45, 7) is 0. The molecule has 0 aliphatic carbocycles. The Bertz CT molecular complexity index is 257. The average molecular weight is 190 g/mol. The maximum Gasteiger partial charge on any atom is 0.281 e. The summed E-state index contributed by atoms with van der Waals surface area (Å²) in [7, 11) is -4.60. The first-order valence-corrected chi connectivity index (χ1v) is 3.75. The minimum atomic E-state index is -4.60. The molecule has 0 aliphatic rings. The topological polar surface area (TPSA) is 34.1 Å². The van der Waals surface area contributed by atoms with E-state index in [4.69, 9.17) is 0 Å². The van der Waals surface area contributed by atoms with Crippen LogP contribution in [0.15, 0.2) is 23.0 Å². The van der Waals surface area contributed by atoms with Crippen LogP contribution in [0.5, 0.6) is 0 Å². The Morgan fingerprint density at radius 1 is 0.909 bits per heavy atom. The van der Waals surface area contributed by atoms with E-state index >= 15 is 0 Å². The zero-order chi connectivity index (χ0) is 9.07. The molecule has 0 rings (SSSR count). The van der Waals surface area contributed by atoms with Crippen LogP contribution in [0, 0.1) is 0 Å². The van der Waals surface area contributed by atoms with Gasteiger partial charge < -0.3 is 0 Å². The number of rotatable bonds is 2. The molecule has 0 aliphatic heterocycles. The van der Waals surface area contributed by atoms with Gasteiger partial charge in [-0.25, -0.2) is 8.42 Å². The second-order valence-corrected chi connectivity index (χ2v) is 3.05. The summed E-state index contributed by atoms with van der Waals surface area (Å²) >= 11 is 0. The number of hydrogen-bond donors (Lipinski definition) is 0. The SMILES string of the molecule is O=S(=O)(C=C(F)F)C=C(F)F. The maximum absolute atomic E-state index is 11.2. The van der Waals surface area contributed by atoms with E-state index < -0.39 is 32.8 Å². The minimum absolute atomic E-state index is 0.549. The Labute approximate surface area is 59.7 Å². The lowest BCUT2D eigenvalue weighted by atomic mass is 11.1. The van der Waals surface area contributed by atoms with Crippen molar-refractivity contribution in [2.45, 2.75) is 0 Å². The van der Waals surface area contributed by atoms with Gasteiger partial charge in [-0.2, -0.15) is 17.6 Å². The maximum atomic E-state index is 11.2. The average Bonchev–Trinajstić information content (AvgIpc) is 1.53. The van der Waals surface area contributed by atoms with Gasteiger partial charge in [0.15, 0.2) is 0 Å². The van der Waals surface area contributed by atoms with Gasteiger partial charge in [-0.1, -0.05) is 0 Å². The van der Waals surface area contributed by atoms with Gasteiger partial charge in [-0.15, -0.1) is 0 Å². The van der Waals surface area contributed by atoms with E-state index in [-0.39, 0.29) is 0 Å². The lowest BCUT2D eigenvalue weighted by molar-refractivity contribution is 0.421. The van der Waals surface area contributed by atoms with Crippen molar-refractivity contribution >= 4 is 9.84 Å². The first kappa shape index (κ1) is 10.2. The van der Waals surface area contributed by atoms with E-state index in [0.717, 1.165) is 0 Å². The lowest BCUT2D eigenvalue weighted by Crippen LogP contribution is -1.88. The van der Waals surface area contributed by atoms with Crippen molar-refractivity contribution in [3.05, 3.63) is 23.0 Å².